The molecule has 3 rings (SSSR count). The van der Waals surface area contributed by atoms with Crippen LogP contribution in [0.15, 0.2) is 18.5 Å². The molecule has 100 valence electrons. The molecule has 0 amide bonds. The highest BCUT2D eigenvalue weighted by molar-refractivity contribution is 5.03. The van der Waals surface area contributed by atoms with Gasteiger partial charge in [-0.15, -0.1) is 0 Å². The molecule has 2 aliphatic carbocycles. The zero-order valence-corrected chi connectivity index (χ0v) is 10.9. The van der Waals surface area contributed by atoms with Gasteiger partial charge < -0.3 is 10.4 Å². The van der Waals surface area contributed by atoms with Gasteiger partial charge in [-0.25, -0.2) is 0 Å². The molecule has 0 aromatic carbocycles. The Balaban J connectivity index is 1.61. The van der Waals surface area contributed by atoms with Gasteiger partial charge in [-0.3, -0.25) is 4.68 Å². The summed E-state index contributed by atoms with van der Waals surface area (Å²) < 4.78 is 2.00. The Morgan fingerprint density at radius 1 is 1.39 bits per heavy atom. The van der Waals surface area contributed by atoms with Crippen molar-refractivity contribution in [3.8, 4) is 0 Å². The van der Waals surface area contributed by atoms with E-state index in [1.807, 2.05) is 23.1 Å². The maximum absolute atomic E-state index is 9.84. The predicted molar refractivity (Wildman–Crippen MR) is 70.2 cm³/mol. The molecule has 0 aliphatic heterocycles. The number of aliphatic hydroxyl groups is 1. The number of aromatic nitrogens is 2. The average Bonchev–Trinajstić information content (AvgIpc) is 2.91. The van der Waals surface area contributed by atoms with Gasteiger partial charge in [0.05, 0.1) is 6.61 Å². The third-order valence-electron chi connectivity index (χ3n) is 4.57. The number of hydrogen-bond acceptors (Lipinski definition) is 3. The largest absolute Gasteiger partial charge is 0.394 e. The quantitative estimate of drug-likeness (QED) is 0.804. The van der Waals surface area contributed by atoms with Crippen LogP contribution >= 0.6 is 0 Å². The molecule has 2 unspecified atom stereocenters. The third-order valence-corrected chi connectivity index (χ3v) is 4.57. The first-order valence-electron chi connectivity index (χ1n) is 7.18. The first-order chi connectivity index (χ1) is 8.82. The van der Waals surface area contributed by atoms with Crippen LogP contribution in [0.25, 0.3) is 0 Å². The second kappa shape index (κ2) is 5.02. The van der Waals surface area contributed by atoms with Crippen molar-refractivity contribution in [2.45, 2.75) is 56.7 Å². The van der Waals surface area contributed by atoms with Crippen molar-refractivity contribution in [2.24, 2.45) is 5.92 Å². The molecule has 4 nitrogen and oxygen atoms in total. The highest BCUT2D eigenvalue weighted by atomic mass is 16.3. The molecule has 2 saturated carbocycles. The van der Waals surface area contributed by atoms with Crippen LogP contribution in [0.4, 0.5) is 0 Å². The Morgan fingerprint density at radius 2 is 2.28 bits per heavy atom. The average molecular weight is 249 g/mol. The topological polar surface area (TPSA) is 50.1 Å². The molecular formula is C14H23N3O. The van der Waals surface area contributed by atoms with Crippen molar-refractivity contribution < 1.29 is 5.11 Å². The summed E-state index contributed by atoms with van der Waals surface area (Å²) in [5, 5.41) is 17.8. The standard InChI is InChI=1S/C14H23N3O/c18-11-14(16-13-4-5-13)7-1-3-12(14)6-10-17-9-2-8-15-17/h2,8-9,12-13,16,18H,1,3-7,10-11H2. The van der Waals surface area contributed by atoms with Gasteiger partial charge in [0, 0.05) is 30.5 Å². The smallest absolute Gasteiger partial charge is 0.0616 e. The number of aliphatic hydroxyl groups excluding tert-OH is 1. The van der Waals surface area contributed by atoms with Crippen molar-refractivity contribution in [1.82, 2.24) is 15.1 Å². The summed E-state index contributed by atoms with van der Waals surface area (Å²) in [7, 11) is 0. The van der Waals surface area contributed by atoms with E-state index in [4.69, 9.17) is 0 Å². The summed E-state index contributed by atoms with van der Waals surface area (Å²) in [5.41, 5.74) is -0.00564. The molecule has 1 heterocycles. The van der Waals surface area contributed by atoms with E-state index in [9.17, 15) is 5.11 Å². The van der Waals surface area contributed by atoms with E-state index in [1.54, 1.807) is 0 Å². The van der Waals surface area contributed by atoms with Crippen LogP contribution in [0, 0.1) is 5.92 Å². The highest BCUT2D eigenvalue weighted by Gasteiger charge is 2.44. The van der Waals surface area contributed by atoms with E-state index in [1.165, 1.54) is 25.7 Å². The first-order valence-corrected chi connectivity index (χ1v) is 7.18. The molecule has 0 saturated heterocycles. The van der Waals surface area contributed by atoms with Gasteiger partial charge in [-0.05, 0) is 44.1 Å². The minimum atomic E-state index is -0.00564. The normalized spacial score (nSPS) is 31.9. The molecule has 4 heteroatoms. The summed E-state index contributed by atoms with van der Waals surface area (Å²) in [5.74, 6) is 0.590. The van der Waals surface area contributed by atoms with E-state index >= 15 is 0 Å². The summed E-state index contributed by atoms with van der Waals surface area (Å²) in [6.45, 7) is 1.25. The van der Waals surface area contributed by atoms with Crippen LogP contribution in [-0.4, -0.2) is 33.1 Å². The van der Waals surface area contributed by atoms with Crippen molar-refractivity contribution in [1.29, 1.82) is 0 Å². The summed E-state index contributed by atoms with van der Waals surface area (Å²) in [6, 6.07) is 2.64. The van der Waals surface area contributed by atoms with Gasteiger partial charge in [-0.2, -0.15) is 5.10 Å². The summed E-state index contributed by atoms with van der Waals surface area (Å²) in [4.78, 5) is 0. The molecule has 2 fully saturated rings. The predicted octanol–water partition coefficient (Wildman–Crippen LogP) is 1.56. The van der Waals surface area contributed by atoms with Gasteiger partial charge in [0.1, 0.15) is 0 Å². The van der Waals surface area contributed by atoms with E-state index in [0.29, 0.717) is 12.0 Å². The van der Waals surface area contributed by atoms with Crippen LogP contribution in [0.3, 0.4) is 0 Å². The fraction of sp³-hybridized carbons (Fsp3) is 0.786. The number of hydrogen-bond donors (Lipinski definition) is 2. The Labute approximate surface area is 108 Å². The van der Waals surface area contributed by atoms with Crippen LogP contribution in [0.1, 0.15) is 38.5 Å². The van der Waals surface area contributed by atoms with E-state index in [0.717, 1.165) is 19.4 Å². The molecule has 0 radical (unpaired) electrons. The third kappa shape index (κ3) is 2.45. The number of nitrogens with one attached hydrogen (secondary N) is 1. The molecule has 18 heavy (non-hydrogen) atoms. The van der Waals surface area contributed by atoms with E-state index in [2.05, 4.69) is 10.4 Å². The monoisotopic (exact) mass is 249 g/mol. The van der Waals surface area contributed by atoms with Crippen molar-refractivity contribution in [3.05, 3.63) is 18.5 Å². The zero-order valence-electron chi connectivity index (χ0n) is 10.9. The first kappa shape index (κ1) is 12.2. The second-order valence-corrected chi connectivity index (χ2v) is 5.88. The Kier molecular flexibility index (Phi) is 3.39. The maximum atomic E-state index is 9.84. The minimum Gasteiger partial charge on any atom is -0.394 e. The van der Waals surface area contributed by atoms with Crippen molar-refractivity contribution in [2.75, 3.05) is 6.61 Å². The lowest BCUT2D eigenvalue weighted by Crippen LogP contribution is -2.52. The number of rotatable bonds is 6. The molecule has 0 spiro atoms. The molecule has 0 bridgehead atoms. The van der Waals surface area contributed by atoms with Crippen LogP contribution in [0.5, 0.6) is 0 Å². The van der Waals surface area contributed by atoms with Gasteiger partial charge in [0.15, 0.2) is 0 Å². The lowest BCUT2D eigenvalue weighted by Gasteiger charge is -2.35. The molecular weight excluding hydrogens is 226 g/mol. The number of aryl methyl sites for hydroxylation is 1. The van der Waals surface area contributed by atoms with Crippen LogP contribution in [-0.2, 0) is 6.54 Å². The summed E-state index contributed by atoms with van der Waals surface area (Å²) >= 11 is 0. The van der Waals surface area contributed by atoms with Crippen molar-refractivity contribution in [3.63, 3.8) is 0 Å². The fourth-order valence-electron chi connectivity index (χ4n) is 3.36. The Bertz CT molecular complexity index is 374. The fourth-order valence-corrected chi connectivity index (χ4v) is 3.36. The lowest BCUT2D eigenvalue weighted by molar-refractivity contribution is 0.114. The molecule has 2 N–H and O–H groups in total. The molecule has 1 aromatic rings. The molecule has 1 aromatic heterocycles. The molecule has 2 aliphatic rings. The Morgan fingerprint density at radius 3 is 2.94 bits per heavy atom. The van der Waals surface area contributed by atoms with Crippen LogP contribution < -0.4 is 5.32 Å². The summed E-state index contributed by atoms with van der Waals surface area (Å²) in [6.07, 6.45) is 11.1. The zero-order chi connectivity index (χ0) is 12.4. The van der Waals surface area contributed by atoms with E-state index in [-0.39, 0.29) is 12.1 Å². The second-order valence-electron chi connectivity index (χ2n) is 5.88. The van der Waals surface area contributed by atoms with Crippen LogP contribution in [0.2, 0.25) is 0 Å². The van der Waals surface area contributed by atoms with Gasteiger partial charge in [-0.1, -0.05) is 6.42 Å². The van der Waals surface area contributed by atoms with Gasteiger partial charge >= 0.3 is 0 Å². The van der Waals surface area contributed by atoms with E-state index < -0.39 is 0 Å². The molecule has 2 atom stereocenters. The van der Waals surface area contributed by atoms with Gasteiger partial charge in [0.25, 0.3) is 0 Å². The highest BCUT2D eigenvalue weighted by Crippen LogP contribution is 2.40. The SMILES string of the molecule is OCC1(NC2CC2)CCCC1CCn1cccn1. The lowest BCUT2D eigenvalue weighted by atomic mass is 9.85. The van der Waals surface area contributed by atoms with Gasteiger partial charge in [0.2, 0.25) is 0 Å². The number of nitrogens with zero attached hydrogens (tertiary/aromatic N) is 2. The maximum Gasteiger partial charge on any atom is 0.0616 e. The van der Waals surface area contributed by atoms with Crippen molar-refractivity contribution >= 4 is 0 Å². The Hall–Kier alpha value is -0.870. The minimum absolute atomic E-state index is 0.00564.